The Bertz CT molecular complexity index is 165. The van der Waals surface area contributed by atoms with Crippen molar-refractivity contribution in [1.82, 2.24) is 4.90 Å². The molecule has 0 saturated carbocycles. The van der Waals surface area contributed by atoms with Gasteiger partial charge in [0.2, 0.25) is 0 Å². The number of nitrogens with zero attached hydrogens (tertiary/aromatic N) is 1. The van der Waals surface area contributed by atoms with E-state index in [1.165, 1.54) is 19.4 Å². The van der Waals surface area contributed by atoms with Crippen molar-refractivity contribution in [3.63, 3.8) is 0 Å². The Balaban J connectivity index is 2.24. The topological polar surface area (TPSA) is 38.5 Å². The largest absolute Gasteiger partial charge is 0.380 e. The molecule has 0 aromatic rings. The van der Waals surface area contributed by atoms with E-state index in [0.717, 1.165) is 19.5 Å². The molecule has 1 rings (SSSR count). The van der Waals surface area contributed by atoms with Gasteiger partial charge in [-0.15, -0.1) is 0 Å². The minimum Gasteiger partial charge on any atom is -0.380 e. The fraction of sp³-hybridized carbons (Fsp3) is 1.00. The van der Waals surface area contributed by atoms with Gasteiger partial charge in [0.25, 0.3) is 0 Å². The summed E-state index contributed by atoms with van der Waals surface area (Å²) < 4.78 is 5.38. The molecule has 3 heteroatoms. The van der Waals surface area contributed by atoms with Gasteiger partial charge in [-0.2, -0.15) is 0 Å². The summed E-state index contributed by atoms with van der Waals surface area (Å²) in [4.78, 5) is 2.46. The lowest BCUT2D eigenvalue weighted by Gasteiger charge is -2.33. The van der Waals surface area contributed by atoms with Gasteiger partial charge in [-0.1, -0.05) is 0 Å². The second-order valence-electron chi connectivity index (χ2n) is 5.04. The van der Waals surface area contributed by atoms with Gasteiger partial charge in [0.15, 0.2) is 0 Å². The first kappa shape index (κ1) is 12.0. The zero-order valence-corrected chi connectivity index (χ0v) is 9.75. The van der Waals surface area contributed by atoms with Crippen LogP contribution in [0, 0.1) is 0 Å². The van der Waals surface area contributed by atoms with E-state index in [9.17, 15) is 0 Å². The van der Waals surface area contributed by atoms with Crippen LogP contribution in [0.1, 0.15) is 33.1 Å². The van der Waals surface area contributed by atoms with Crippen LogP contribution in [0.25, 0.3) is 0 Å². The van der Waals surface area contributed by atoms with Crippen LogP contribution < -0.4 is 5.73 Å². The zero-order valence-electron chi connectivity index (χ0n) is 9.75. The van der Waals surface area contributed by atoms with Crippen LogP contribution in [-0.2, 0) is 4.74 Å². The summed E-state index contributed by atoms with van der Waals surface area (Å²) in [5, 5.41) is 0. The molecule has 0 amide bonds. The third-order valence-electron chi connectivity index (χ3n) is 2.87. The maximum atomic E-state index is 5.96. The molecule has 3 nitrogen and oxygen atoms in total. The van der Waals surface area contributed by atoms with Gasteiger partial charge < -0.3 is 15.4 Å². The molecule has 0 spiro atoms. The standard InChI is InChI=1S/C11H24N2O/c1-11(2,12)6-8-13-7-4-5-10(9-13)14-3/h10H,4-9,12H2,1-3H3. The molecule has 1 aliphatic heterocycles. The molecule has 14 heavy (non-hydrogen) atoms. The maximum absolute atomic E-state index is 5.96. The molecule has 1 atom stereocenters. The van der Waals surface area contributed by atoms with Crippen LogP contribution >= 0.6 is 0 Å². The fourth-order valence-electron chi connectivity index (χ4n) is 1.85. The van der Waals surface area contributed by atoms with Crippen molar-refractivity contribution in [1.29, 1.82) is 0 Å². The van der Waals surface area contributed by atoms with Crippen LogP contribution in [-0.4, -0.2) is 43.3 Å². The number of piperidine rings is 1. The fourth-order valence-corrected chi connectivity index (χ4v) is 1.85. The van der Waals surface area contributed by atoms with Crippen molar-refractivity contribution < 1.29 is 4.74 Å². The summed E-state index contributed by atoms with van der Waals surface area (Å²) in [6.07, 6.45) is 3.95. The monoisotopic (exact) mass is 200 g/mol. The molecule has 1 fully saturated rings. The summed E-state index contributed by atoms with van der Waals surface area (Å²) in [5.41, 5.74) is 5.92. The van der Waals surface area contributed by atoms with E-state index in [2.05, 4.69) is 18.7 Å². The summed E-state index contributed by atoms with van der Waals surface area (Å²) in [6.45, 7) is 7.56. The summed E-state index contributed by atoms with van der Waals surface area (Å²) in [5.74, 6) is 0. The van der Waals surface area contributed by atoms with Gasteiger partial charge in [-0.3, -0.25) is 0 Å². The number of methoxy groups -OCH3 is 1. The highest BCUT2D eigenvalue weighted by atomic mass is 16.5. The molecule has 2 N–H and O–H groups in total. The van der Waals surface area contributed by atoms with Crippen molar-refractivity contribution in [2.45, 2.75) is 44.8 Å². The average Bonchev–Trinajstić information content (AvgIpc) is 2.14. The first-order chi connectivity index (χ1) is 6.51. The molecule has 0 aromatic carbocycles. The first-order valence-electron chi connectivity index (χ1n) is 5.55. The van der Waals surface area contributed by atoms with E-state index in [1.807, 2.05) is 0 Å². The Morgan fingerprint density at radius 2 is 2.21 bits per heavy atom. The van der Waals surface area contributed by atoms with E-state index in [1.54, 1.807) is 7.11 Å². The van der Waals surface area contributed by atoms with Crippen molar-refractivity contribution in [2.75, 3.05) is 26.7 Å². The maximum Gasteiger partial charge on any atom is 0.0698 e. The highest BCUT2D eigenvalue weighted by Gasteiger charge is 2.20. The Morgan fingerprint density at radius 3 is 2.79 bits per heavy atom. The van der Waals surface area contributed by atoms with E-state index in [0.29, 0.717) is 6.10 Å². The smallest absolute Gasteiger partial charge is 0.0698 e. The molecule has 1 aliphatic rings. The molecule has 0 aliphatic carbocycles. The summed E-state index contributed by atoms with van der Waals surface area (Å²) in [6, 6.07) is 0. The third kappa shape index (κ3) is 4.40. The van der Waals surface area contributed by atoms with Gasteiger partial charge in [-0.25, -0.2) is 0 Å². The Labute approximate surface area is 87.6 Å². The lowest BCUT2D eigenvalue weighted by atomic mass is 10.0. The third-order valence-corrected chi connectivity index (χ3v) is 2.87. The molecule has 1 unspecified atom stereocenters. The molecule has 1 heterocycles. The number of likely N-dealkylation sites (tertiary alicyclic amines) is 1. The van der Waals surface area contributed by atoms with Crippen molar-refractivity contribution in [3.8, 4) is 0 Å². The Kier molecular flexibility index (Phi) is 4.35. The minimum atomic E-state index is -0.0417. The molecular weight excluding hydrogens is 176 g/mol. The van der Waals surface area contributed by atoms with Gasteiger partial charge in [-0.05, 0) is 46.2 Å². The van der Waals surface area contributed by atoms with Gasteiger partial charge in [0, 0.05) is 19.2 Å². The van der Waals surface area contributed by atoms with E-state index in [4.69, 9.17) is 10.5 Å². The zero-order chi connectivity index (χ0) is 10.6. The quantitative estimate of drug-likeness (QED) is 0.741. The lowest BCUT2D eigenvalue weighted by molar-refractivity contribution is 0.0294. The van der Waals surface area contributed by atoms with Gasteiger partial charge >= 0.3 is 0 Å². The van der Waals surface area contributed by atoms with Crippen LogP contribution in [0.3, 0.4) is 0 Å². The predicted octanol–water partition coefficient (Wildman–Crippen LogP) is 1.22. The molecule has 1 saturated heterocycles. The second-order valence-corrected chi connectivity index (χ2v) is 5.04. The van der Waals surface area contributed by atoms with Crippen LogP contribution in [0.5, 0.6) is 0 Å². The van der Waals surface area contributed by atoms with Crippen LogP contribution in [0.15, 0.2) is 0 Å². The molecule has 0 radical (unpaired) electrons. The normalized spacial score (nSPS) is 25.3. The molecular formula is C11H24N2O. The second kappa shape index (κ2) is 5.10. The molecule has 84 valence electrons. The molecule has 0 bridgehead atoms. The molecule has 0 aromatic heterocycles. The number of hydrogen-bond donors (Lipinski definition) is 1. The number of rotatable bonds is 4. The number of ether oxygens (including phenoxy) is 1. The summed E-state index contributed by atoms with van der Waals surface area (Å²) >= 11 is 0. The van der Waals surface area contributed by atoms with E-state index >= 15 is 0 Å². The van der Waals surface area contributed by atoms with Gasteiger partial charge in [0.05, 0.1) is 6.10 Å². The number of nitrogens with two attached hydrogens (primary N) is 1. The SMILES string of the molecule is COC1CCCN(CCC(C)(C)N)C1. The summed E-state index contributed by atoms with van der Waals surface area (Å²) in [7, 11) is 1.81. The van der Waals surface area contributed by atoms with E-state index < -0.39 is 0 Å². The van der Waals surface area contributed by atoms with E-state index in [-0.39, 0.29) is 5.54 Å². The highest BCUT2D eigenvalue weighted by Crippen LogP contribution is 2.14. The van der Waals surface area contributed by atoms with Gasteiger partial charge in [0.1, 0.15) is 0 Å². The predicted molar refractivity (Wildman–Crippen MR) is 59.4 cm³/mol. The minimum absolute atomic E-state index is 0.0417. The average molecular weight is 200 g/mol. The van der Waals surface area contributed by atoms with Crippen molar-refractivity contribution in [3.05, 3.63) is 0 Å². The number of hydrogen-bond acceptors (Lipinski definition) is 3. The highest BCUT2D eigenvalue weighted by molar-refractivity contribution is 4.78. The van der Waals surface area contributed by atoms with Crippen LogP contribution in [0.4, 0.5) is 0 Å². The first-order valence-corrected chi connectivity index (χ1v) is 5.55. The van der Waals surface area contributed by atoms with Crippen molar-refractivity contribution >= 4 is 0 Å². The Hall–Kier alpha value is -0.120. The Morgan fingerprint density at radius 1 is 1.50 bits per heavy atom. The van der Waals surface area contributed by atoms with Crippen molar-refractivity contribution in [2.24, 2.45) is 5.73 Å². The van der Waals surface area contributed by atoms with Crippen LogP contribution in [0.2, 0.25) is 0 Å². The lowest BCUT2D eigenvalue weighted by Crippen LogP contribution is -2.43.